The maximum absolute atomic E-state index is 6.09. The summed E-state index contributed by atoms with van der Waals surface area (Å²) in [5, 5.41) is 2.32. The first-order chi connectivity index (χ1) is 8.78. The van der Waals surface area contributed by atoms with Crippen LogP contribution in [0.4, 0.5) is 0 Å². The van der Waals surface area contributed by atoms with E-state index in [1.165, 1.54) is 38.5 Å². The molecule has 106 valence electrons. The number of hydrazine groups is 1. The molecule has 2 atom stereocenters. The fourth-order valence-corrected chi connectivity index (χ4v) is 3.26. The highest BCUT2D eigenvalue weighted by Gasteiger charge is 2.33. The van der Waals surface area contributed by atoms with Crippen molar-refractivity contribution < 1.29 is 4.74 Å². The zero-order valence-corrected chi connectivity index (χ0v) is 11.8. The van der Waals surface area contributed by atoms with Crippen LogP contribution in [0.1, 0.15) is 45.4 Å². The van der Waals surface area contributed by atoms with Crippen LogP contribution in [0.5, 0.6) is 0 Å². The zero-order chi connectivity index (χ0) is 12.8. The second kappa shape index (κ2) is 6.85. The van der Waals surface area contributed by atoms with Gasteiger partial charge in [0.2, 0.25) is 0 Å². The Kier molecular flexibility index (Phi) is 5.42. The van der Waals surface area contributed by atoms with Crippen molar-refractivity contribution in [1.29, 1.82) is 0 Å². The van der Waals surface area contributed by atoms with E-state index in [0.29, 0.717) is 0 Å². The minimum Gasteiger partial charge on any atom is -0.379 e. The van der Waals surface area contributed by atoms with Crippen LogP contribution in [0, 0.1) is 5.92 Å². The summed E-state index contributed by atoms with van der Waals surface area (Å²) in [4.78, 5) is 0. The Hall–Kier alpha value is -0.160. The van der Waals surface area contributed by atoms with E-state index in [-0.39, 0.29) is 5.54 Å². The average Bonchev–Trinajstić information content (AvgIpc) is 2.63. The van der Waals surface area contributed by atoms with Crippen molar-refractivity contribution in [3.63, 3.8) is 0 Å². The van der Waals surface area contributed by atoms with E-state index in [1.54, 1.807) is 0 Å². The molecule has 3 N–H and O–H groups in total. The monoisotopic (exact) mass is 255 g/mol. The molecule has 2 rings (SSSR count). The summed E-state index contributed by atoms with van der Waals surface area (Å²) in [6.07, 6.45) is 7.77. The van der Waals surface area contributed by atoms with Crippen molar-refractivity contribution in [3.8, 4) is 0 Å². The van der Waals surface area contributed by atoms with Gasteiger partial charge in [-0.3, -0.25) is 0 Å². The third-order valence-corrected chi connectivity index (χ3v) is 4.67. The first kappa shape index (κ1) is 14.3. The molecule has 1 saturated carbocycles. The highest BCUT2D eigenvalue weighted by molar-refractivity contribution is 4.91. The summed E-state index contributed by atoms with van der Waals surface area (Å²) < 4.78 is 5.40. The van der Waals surface area contributed by atoms with Crippen LogP contribution in [-0.2, 0) is 4.74 Å². The van der Waals surface area contributed by atoms with Crippen LogP contribution in [0.15, 0.2) is 0 Å². The number of hydrogen-bond donors (Lipinski definition) is 2. The molecular weight excluding hydrogens is 226 g/mol. The van der Waals surface area contributed by atoms with Crippen molar-refractivity contribution in [1.82, 2.24) is 10.4 Å². The van der Waals surface area contributed by atoms with Crippen molar-refractivity contribution in [2.24, 2.45) is 11.7 Å². The van der Waals surface area contributed by atoms with Gasteiger partial charge in [-0.2, -0.15) is 0 Å². The number of nitrogens with zero attached hydrogens (tertiary/aromatic N) is 1. The molecule has 2 unspecified atom stereocenters. The van der Waals surface area contributed by atoms with E-state index in [2.05, 4.69) is 17.4 Å². The fraction of sp³-hybridized carbons (Fsp3) is 1.00. The molecule has 4 heteroatoms. The molecule has 2 fully saturated rings. The summed E-state index contributed by atoms with van der Waals surface area (Å²) in [6, 6.07) is 0. The molecule has 0 aromatic carbocycles. The summed E-state index contributed by atoms with van der Waals surface area (Å²) in [5.74, 6) is 0.907. The lowest BCUT2D eigenvalue weighted by Crippen LogP contribution is -2.60. The van der Waals surface area contributed by atoms with Gasteiger partial charge in [0, 0.05) is 25.2 Å². The lowest BCUT2D eigenvalue weighted by Gasteiger charge is -2.40. The number of ether oxygens (including phenoxy) is 1. The van der Waals surface area contributed by atoms with E-state index in [0.717, 1.165) is 38.8 Å². The minimum atomic E-state index is 0.140. The molecule has 0 aromatic rings. The van der Waals surface area contributed by atoms with Crippen LogP contribution in [0.2, 0.25) is 0 Å². The van der Waals surface area contributed by atoms with Gasteiger partial charge in [-0.1, -0.05) is 26.2 Å². The molecule has 0 radical (unpaired) electrons. The molecule has 4 nitrogen and oxygen atoms in total. The maximum Gasteiger partial charge on any atom is 0.0608 e. The molecule has 0 aromatic heterocycles. The molecule has 1 aliphatic carbocycles. The molecule has 2 aliphatic rings. The zero-order valence-electron chi connectivity index (χ0n) is 11.8. The van der Waals surface area contributed by atoms with Gasteiger partial charge in [-0.15, -0.1) is 0 Å². The van der Waals surface area contributed by atoms with Crippen LogP contribution in [-0.4, -0.2) is 43.4 Å². The third-order valence-electron chi connectivity index (χ3n) is 4.67. The van der Waals surface area contributed by atoms with Gasteiger partial charge in [-0.05, 0) is 25.2 Å². The first-order valence-electron chi connectivity index (χ1n) is 7.58. The van der Waals surface area contributed by atoms with Gasteiger partial charge < -0.3 is 10.5 Å². The molecule has 0 bridgehead atoms. The number of morpholine rings is 1. The molecule has 1 aliphatic heterocycles. The van der Waals surface area contributed by atoms with Crippen LogP contribution in [0.25, 0.3) is 0 Å². The average molecular weight is 255 g/mol. The van der Waals surface area contributed by atoms with E-state index < -0.39 is 0 Å². The predicted octanol–water partition coefficient (Wildman–Crippen LogP) is 1.51. The van der Waals surface area contributed by atoms with E-state index in [4.69, 9.17) is 10.5 Å². The highest BCUT2D eigenvalue weighted by atomic mass is 16.5. The van der Waals surface area contributed by atoms with E-state index >= 15 is 0 Å². The SMILES string of the molecule is CCC1CCCC(CN)(NN2CCOCC2)CC1. The quantitative estimate of drug-likeness (QED) is 0.748. The summed E-state index contributed by atoms with van der Waals surface area (Å²) >= 11 is 0. The smallest absolute Gasteiger partial charge is 0.0608 e. The second-order valence-electron chi connectivity index (χ2n) is 5.90. The number of nitrogens with two attached hydrogens (primary N) is 1. The Balaban J connectivity index is 1.91. The van der Waals surface area contributed by atoms with Gasteiger partial charge in [0.15, 0.2) is 0 Å². The summed E-state index contributed by atoms with van der Waals surface area (Å²) in [7, 11) is 0. The molecule has 18 heavy (non-hydrogen) atoms. The summed E-state index contributed by atoms with van der Waals surface area (Å²) in [6.45, 7) is 6.71. The van der Waals surface area contributed by atoms with Crippen LogP contribution >= 0.6 is 0 Å². The van der Waals surface area contributed by atoms with Gasteiger partial charge >= 0.3 is 0 Å². The Bertz CT molecular complexity index is 243. The van der Waals surface area contributed by atoms with Crippen LogP contribution in [0.3, 0.4) is 0 Å². The first-order valence-corrected chi connectivity index (χ1v) is 7.58. The van der Waals surface area contributed by atoms with Gasteiger partial charge in [-0.25, -0.2) is 10.4 Å². The lowest BCUT2D eigenvalue weighted by atomic mass is 9.90. The van der Waals surface area contributed by atoms with Crippen molar-refractivity contribution in [2.75, 3.05) is 32.8 Å². The third kappa shape index (κ3) is 3.67. The van der Waals surface area contributed by atoms with Gasteiger partial charge in [0.1, 0.15) is 0 Å². The number of nitrogens with one attached hydrogen (secondary N) is 1. The molecular formula is C14H29N3O. The molecule has 1 heterocycles. The Morgan fingerprint density at radius 1 is 1.28 bits per heavy atom. The number of hydrogen-bond acceptors (Lipinski definition) is 4. The van der Waals surface area contributed by atoms with Gasteiger partial charge in [0.05, 0.1) is 13.2 Å². The molecule has 1 saturated heterocycles. The largest absolute Gasteiger partial charge is 0.379 e. The highest BCUT2D eigenvalue weighted by Crippen LogP contribution is 2.31. The Morgan fingerprint density at radius 2 is 2.06 bits per heavy atom. The van der Waals surface area contributed by atoms with Crippen LogP contribution < -0.4 is 11.2 Å². The van der Waals surface area contributed by atoms with Crippen molar-refractivity contribution >= 4 is 0 Å². The molecule has 0 spiro atoms. The predicted molar refractivity (Wildman–Crippen MR) is 74.2 cm³/mol. The fourth-order valence-electron chi connectivity index (χ4n) is 3.26. The van der Waals surface area contributed by atoms with E-state index in [9.17, 15) is 0 Å². The minimum absolute atomic E-state index is 0.140. The second-order valence-corrected chi connectivity index (χ2v) is 5.90. The Labute approximate surface area is 111 Å². The van der Waals surface area contributed by atoms with Crippen molar-refractivity contribution in [3.05, 3.63) is 0 Å². The lowest BCUT2D eigenvalue weighted by molar-refractivity contribution is -0.0146. The van der Waals surface area contributed by atoms with E-state index in [1.807, 2.05) is 0 Å². The standard InChI is InChI=1S/C14H29N3O/c1-2-13-4-3-6-14(12-15,7-5-13)16-17-8-10-18-11-9-17/h13,16H,2-12,15H2,1H3. The van der Waals surface area contributed by atoms with Gasteiger partial charge in [0.25, 0.3) is 0 Å². The topological polar surface area (TPSA) is 50.5 Å². The van der Waals surface area contributed by atoms with Crippen molar-refractivity contribution in [2.45, 2.75) is 51.0 Å². The maximum atomic E-state index is 6.09. The summed E-state index contributed by atoms with van der Waals surface area (Å²) in [5.41, 5.74) is 9.97. The number of rotatable bonds is 4. The Morgan fingerprint density at radius 3 is 2.72 bits per heavy atom. The normalized spacial score (nSPS) is 35.3. The molecule has 0 amide bonds.